The van der Waals surface area contributed by atoms with Crippen molar-refractivity contribution < 1.29 is 9.28 Å². The van der Waals surface area contributed by atoms with Crippen LogP contribution >= 0.6 is 0 Å². The molecule has 3 heteroatoms. The number of rotatable bonds is 14. The molecule has 1 amide bonds. The molecule has 0 atom stereocenters. The van der Waals surface area contributed by atoms with Gasteiger partial charge in [-0.2, -0.15) is 0 Å². The Morgan fingerprint density at radius 2 is 1.48 bits per heavy atom. The van der Waals surface area contributed by atoms with E-state index in [0.29, 0.717) is 0 Å². The zero-order valence-corrected chi connectivity index (χ0v) is 14.6. The first-order chi connectivity index (χ1) is 10.0. The van der Waals surface area contributed by atoms with Crippen molar-refractivity contribution in [3.8, 4) is 0 Å². The molecule has 0 bridgehead atoms. The van der Waals surface area contributed by atoms with Gasteiger partial charge in [-0.3, -0.25) is 4.79 Å². The van der Waals surface area contributed by atoms with Crippen LogP contribution in [0.1, 0.15) is 64.7 Å². The lowest BCUT2D eigenvalue weighted by molar-refractivity contribution is -0.890. The Morgan fingerprint density at radius 1 is 0.952 bits per heavy atom. The van der Waals surface area contributed by atoms with E-state index in [1.807, 2.05) is 0 Å². The van der Waals surface area contributed by atoms with Crippen LogP contribution in [0.3, 0.4) is 0 Å². The highest BCUT2D eigenvalue weighted by Crippen LogP contribution is 2.10. The largest absolute Gasteiger partial charge is 0.352 e. The molecule has 0 fully saturated rings. The molecule has 21 heavy (non-hydrogen) atoms. The number of hydrogen-bond donors (Lipinski definition) is 1. The molecule has 124 valence electrons. The first kappa shape index (κ1) is 20.2. The van der Waals surface area contributed by atoms with Crippen molar-refractivity contribution in [2.45, 2.75) is 64.7 Å². The smallest absolute Gasteiger partial charge is 0.243 e. The van der Waals surface area contributed by atoms with Gasteiger partial charge in [-0.1, -0.05) is 52.0 Å². The minimum Gasteiger partial charge on any atom is -0.352 e. The van der Waals surface area contributed by atoms with Gasteiger partial charge in [-0.25, -0.2) is 0 Å². The fraction of sp³-hybridized carbons (Fsp3) is 0.833. The van der Waals surface area contributed by atoms with Gasteiger partial charge < -0.3 is 9.80 Å². The Balaban J connectivity index is 3.46. The summed E-state index contributed by atoms with van der Waals surface area (Å²) in [6.45, 7) is 8.83. The molecule has 0 aromatic carbocycles. The van der Waals surface area contributed by atoms with E-state index in [0.717, 1.165) is 24.0 Å². The van der Waals surface area contributed by atoms with Gasteiger partial charge >= 0.3 is 0 Å². The van der Waals surface area contributed by atoms with Crippen molar-refractivity contribution in [3.05, 3.63) is 12.7 Å². The predicted octanol–water partition coefficient (Wildman–Crippen LogP) is 3.90. The summed E-state index contributed by atoms with van der Waals surface area (Å²) in [5.41, 5.74) is 0. The number of carbonyl (C=O) groups is 1. The Morgan fingerprint density at radius 3 is 2.05 bits per heavy atom. The van der Waals surface area contributed by atoms with E-state index in [1.54, 1.807) is 0 Å². The maximum absolute atomic E-state index is 11.0. The lowest BCUT2D eigenvalue weighted by Crippen LogP contribution is -2.42. The maximum atomic E-state index is 11.0. The highest BCUT2D eigenvalue weighted by atomic mass is 16.1. The van der Waals surface area contributed by atoms with Crippen molar-refractivity contribution >= 4 is 5.91 Å². The summed E-state index contributed by atoms with van der Waals surface area (Å²) < 4.78 is 1.06. The van der Waals surface area contributed by atoms with E-state index in [-0.39, 0.29) is 5.91 Å². The normalized spacial score (nSPS) is 11.4. The molecule has 0 heterocycles. The van der Waals surface area contributed by atoms with E-state index in [9.17, 15) is 4.79 Å². The molecule has 0 rings (SSSR count). The highest BCUT2D eigenvalue weighted by molar-refractivity contribution is 5.86. The second-order valence-electron chi connectivity index (χ2n) is 6.71. The van der Waals surface area contributed by atoms with Gasteiger partial charge in [0.05, 0.1) is 27.2 Å². The van der Waals surface area contributed by atoms with Crippen LogP contribution < -0.4 is 5.32 Å². The van der Waals surface area contributed by atoms with Crippen LogP contribution in [0.4, 0.5) is 0 Å². The predicted molar refractivity (Wildman–Crippen MR) is 92.3 cm³/mol. The van der Waals surface area contributed by atoms with Gasteiger partial charge in [0.2, 0.25) is 5.91 Å². The lowest BCUT2D eigenvalue weighted by atomic mass is 10.1. The van der Waals surface area contributed by atoms with Gasteiger partial charge in [0.15, 0.2) is 0 Å². The van der Waals surface area contributed by atoms with Gasteiger partial charge in [-0.15, -0.1) is 0 Å². The highest BCUT2D eigenvalue weighted by Gasteiger charge is 2.13. The molecule has 0 aromatic rings. The number of nitrogens with one attached hydrogen (secondary N) is 1. The average Bonchev–Trinajstić information content (AvgIpc) is 2.46. The Labute approximate surface area is 132 Å². The van der Waals surface area contributed by atoms with Crippen LogP contribution in [0.2, 0.25) is 0 Å². The third kappa shape index (κ3) is 13.9. The van der Waals surface area contributed by atoms with Crippen LogP contribution in [-0.2, 0) is 4.79 Å². The second-order valence-corrected chi connectivity index (χ2v) is 6.71. The number of hydrogen-bond acceptors (Lipinski definition) is 1. The van der Waals surface area contributed by atoms with Gasteiger partial charge in [0.25, 0.3) is 0 Å². The van der Waals surface area contributed by atoms with E-state index in [2.05, 4.69) is 32.9 Å². The summed E-state index contributed by atoms with van der Waals surface area (Å²) >= 11 is 0. The molecule has 0 aromatic heterocycles. The molecule has 0 saturated carbocycles. The molecule has 1 N–H and O–H groups in total. The first-order valence-electron chi connectivity index (χ1n) is 8.74. The quantitative estimate of drug-likeness (QED) is 0.294. The SMILES string of the molecule is C=CC(=O)NCCC[N+](C)(C)CCCCCCCCCC. The minimum absolute atomic E-state index is 0.0663. The zero-order chi connectivity index (χ0) is 16.0. The summed E-state index contributed by atoms with van der Waals surface area (Å²) in [5.74, 6) is -0.0663. The summed E-state index contributed by atoms with van der Waals surface area (Å²) in [6, 6.07) is 0. The third-order valence-electron chi connectivity index (χ3n) is 4.04. The molecule has 0 aliphatic heterocycles. The molecular weight excluding hydrogens is 260 g/mol. The molecule has 0 aliphatic carbocycles. The van der Waals surface area contributed by atoms with Gasteiger partial charge in [0.1, 0.15) is 0 Å². The number of amides is 1. The fourth-order valence-corrected chi connectivity index (χ4v) is 2.58. The fourth-order valence-electron chi connectivity index (χ4n) is 2.58. The Hall–Kier alpha value is -0.830. The van der Waals surface area contributed by atoms with Crippen molar-refractivity contribution in [3.63, 3.8) is 0 Å². The Bertz CT molecular complexity index is 274. The lowest BCUT2D eigenvalue weighted by Gasteiger charge is -2.30. The standard InChI is InChI=1S/C18H36N2O/c1-5-7-8-9-10-11-12-13-16-20(3,4)17-14-15-19-18(21)6-2/h6H,2,5,7-17H2,1,3-4H3/p+1. The Kier molecular flexibility index (Phi) is 12.4. The van der Waals surface area contributed by atoms with Crippen molar-refractivity contribution in [1.29, 1.82) is 0 Å². The van der Waals surface area contributed by atoms with Crippen LogP contribution in [0.25, 0.3) is 0 Å². The van der Waals surface area contributed by atoms with E-state index in [4.69, 9.17) is 0 Å². The van der Waals surface area contributed by atoms with Crippen LogP contribution in [0, 0.1) is 0 Å². The monoisotopic (exact) mass is 297 g/mol. The molecular formula is C18H37N2O+. The minimum atomic E-state index is -0.0663. The number of carbonyl (C=O) groups excluding carboxylic acids is 1. The second kappa shape index (κ2) is 12.9. The van der Waals surface area contributed by atoms with Crippen molar-refractivity contribution in [1.82, 2.24) is 5.32 Å². The molecule has 3 nitrogen and oxygen atoms in total. The van der Waals surface area contributed by atoms with Gasteiger partial charge in [-0.05, 0) is 18.9 Å². The summed E-state index contributed by atoms with van der Waals surface area (Å²) in [5, 5.41) is 2.84. The topological polar surface area (TPSA) is 29.1 Å². The maximum Gasteiger partial charge on any atom is 0.243 e. The van der Waals surface area contributed by atoms with E-state index < -0.39 is 0 Å². The van der Waals surface area contributed by atoms with Crippen LogP contribution in [0.15, 0.2) is 12.7 Å². The van der Waals surface area contributed by atoms with Crippen molar-refractivity contribution in [2.24, 2.45) is 0 Å². The number of nitrogens with zero attached hydrogens (tertiary/aromatic N) is 1. The molecule has 0 saturated heterocycles. The number of quaternary nitrogens is 1. The van der Waals surface area contributed by atoms with Crippen molar-refractivity contribution in [2.75, 3.05) is 33.7 Å². The molecule has 0 aliphatic rings. The van der Waals surface area contributed by atoms with Gasteiger partial charge in [0, 0.05) is 13.0 Å². The zero-order valence-electron chi connectivity index (χ0n) is 14.6. The molecule has 0 unspecified atom stereocenters. The van der Waals surface area contributed by atoms with Crippen LogP contribution in [0.5, 0.6) is 0 Å². The third-order valence-corrected chi connectivity index (χ3v) is 4.04. The van der Waals surface area contributed by atoms with Crippen LogP contribution in [-0.4, -0.2) is 44.1 Å². The molecule has 0 radical (unpaired) electrons. The van der Waals surface area contributed by atoms with E-state index in [1.165, 1.54) is 64.0 Å². The van der Waals surface area contributed by atoms with E-state index >= 15 is 0 Å². The molecule has 0 spiro atoms. The first-order valence-corrected chi connectivity index (χ1v) is 8.74. The summed E-state index contributed by atoms with van der Waals surface area (Å²) in [7, 11) is 4.58. The summed E-state index contributed by atoms with van der Waals surface area (Å²) in [6.07, 6.45) is 13.4. The summed E-state index contributed by atoms with van der Waals surface area (Å²) in [4.78, 5) is 11.0. The number of unbranched alkanes of at least 4 members (excludes halogenated alkanes) is 7. The average molecular weight is 298 g/mol.